The van der Waals surface area contributed by atoms with Crippen LogP contribution in [0.1, 0.15) is 47.0 Å². The molecule has 0 saturated heterocycles. The Kier molecular flexibility index (Phi) is 5.20. The number of nitrogens with one attached hydrogen (secondary N) is 1. The average molecular weight is 296 g/mol. The molecule has 20 heavy (non-hydrogen) atoms. The van der Waals surface area contributed by atoms with Crippen LogP contribution in [0.4, 0.5) is 5.69 Å². The quantitative estimate of drug-likeness (QED) is 0.807. The highest BCUT2D eigenvalue weighted by Gasteiger charge is 2.24. The zero-order valence-corrected chi connectivity index (χ0v) is 13.7. The van der Waals surface area contributed by atoms with Crippen molar-refractivity contribution in [1.29, 1.82) is 0 Å². The minimum Gasteiger partial charge on any atom is -0.489 e. The van der Waals surface area contributed by atoms with Gasteiger partial charge in [0, 0.05) is 11.7 Å². The van der Waals surface area contributed by atoms with Crippen LogP contribution >= 0.6 is 11.6 Å². The molecule has 0 radical (unpaired) electrons. The smallest absolute Gasteiger partial charge is 0.138 e. The molecule has 1 saturated carbocycles. The molecule has 0 aliphatic heterocycles. The van der Waals surface area contributed by atoms with Crippen LogP contribution in [0.2, 0.25) is 5.02 Å². The second kappa shape index (κ2) is 6.71. The van der Waals surface area contributed by atoms with Gasteiger partial charge in [-0.3, -0.25) is 0 Å². The lowest BCUT2D eigenvalue weighted by Crippen LogP contribution is -2.30. The highest BCUT2D eigenvalue weighted by Crippen LogP contribution is 2.33. The van der Waals surface area contributed by atoms with Crippen LogP contribution < -0.4 is 10.1 Å². The van der Waals surface area contributed by atoms with Gasteiger partial charge < -0.3 is 10.1 Å². The van der Waals surface area contributed by atoms with Crippen molar-refractivity contribution < 1.29 is 4.74 Å². The predicted octanol–water partition coefficient (Wildman–Crippen LogP) is 5.36. The maximum atomic E-state index is 6.28. The third-order valence-electron chi connectivity index (χ3n) is 4.26. The van der Waals surface area contributed by atoms with E-state index in [-0.39, 0.29) is 6.10 Å². The van der Waals surface area contributed by atoms with Crippen molar-refractivity contribution in [2.24, 2.45) is 11.8 Å². The molecule has 2 rings (SSSR count). The van der Waals surface area contributed by atoms with Gasteiger partial charge >= 0.3 is 0 Å². The maximum Gasteiger partial charge on any atom is 0.138 e. The highest BCUT2D eigenvalue weighted by atomic mass is 35.5. The fraction of sp³-hybridized carbons (Fsp3) is 0.647. The molecular weight excluding hydrogens is 270 g/mol. The Morgan fingerprint density at radius 3 is 2.55 bits per heavy atom. The molecule has 3 heteroatoms. The first kappa shape index (κ1) is 15.5. The van der Waals surface area contributed by atoms with Crippen molar-refractivity contribution in [3.05, 3.63) is 23.2 Å². The van der Waals surface area contributed by atoms with Crippen molar-refractivity contribution in [1.82, 2.24) is 0 Å². The van der Waals surface area contributed by atoms with Gasteiger partial charge in [0.05, 0.1) is 11.1 Å². The van der Waals surface area contributed by atoms with E-state index in [1.807, 2.05) is 26.0 Å². The van der Waals surface area contributed by atoms with E-state index in [1.54, 1.807) is 0 Å². The van der Waals surface area contributed by atoms with Crippen LogP contribution in [-0.2, 0) is 0 Å². The molecule has 1 aliphatic carbocycles. The van der Waals surface area contributed by atoms with Crippen molar-refractivity contribution in [2.45, 2.75) is 59.1 Å². The number of halogens is 1. The lowest BCUT2D eigenvalue weighted by molar-refractivity contribution is 0.242. The largest absolute Gasteiger partial charge is 0.489 e. The van der Waals surface area contributed by atoms with Gasteiger partial charge in [0.2, 0.25) is 0 Å². The Labute approximate surface area is 127 Å². The Bertz CT molecular complexity index is 447. The van der Waals surface area contributed by atoms with E-state index in [0.29, 0.717) is 11.1 Å². The van der Waals surface area contributed by atoms with Crippen molar-refractivity contribution in [3.63, 3.8) is 0 Å². The zero-order chi connectivity index (χ0) is 14.7. The first-order chi connectivity index (χ1) is 9.45. The molecule has 1 aliphatic rings. The number of hydrogen-bond donors (Lipinski definition) is 1. The van der Waals surface area contributed by atoms with E-state index in [9.17, 15) is 0 Å². The summed E-state index contributed by atoms with van der Waals surface area (Å²) >= 11 is 6.28. The summed E-state index contributed by atoms with van der Waals surface area (Å²) in [5.41, 5.74) is 1.10. The third kappa shape index (κ3) is 4.05. The van der Waals surface area contributed by atoms with E-state index in [4.69, 9.17) is 16.3 Å². The number of rotatable bonds is 4. The Morgan fingerprint density at radius 2 is 1.95 bits per heavy atom. The monoisotopic (exact) mass is 295 g/mol. The van der Waals surface area contributed by atoms with Gasteiger partial charge in [0.15, 0.2) is 0 Å². The fourth-order valence-electron chi connectivity index (χ4n) is 2.85. The topological polar surface area (TPSA) is 21.3 Å². The minimum atomic E-state index is 0.145. The Hall–Kier alpha value is -0.890. The molecule has 2 nitrogen and oxygen atoms in total. The number of benzene rings is 1. The van der Waals surface area contributed by atoms with Crippen molar-refractivity contribution in [2.75, 3.05) is 5.32 Å². The Morgan fingerprint density at radius 1 is 1.20 bits per heavy atom. The van der Waals surface area contributed by atoms with Gasteiger partial charge in [-0.15, -0.1) is 0 Å². The van der Waals surface area contributed by atoms with Crippen LogP contribution in [0.5, 0.6) is 5.75 Å². The summed E-state index contributed by atoms with van der Waals surface area (Å²) in [5.74, 6) is 2.40. The normalized spacial score (nSPS) is 26.6. The summed E-state index contributed by atoms with van der Waals surface area (Å²) in [6.45, 7) is 8.72. The zero-order valence-electron chi connectivity index (χ0n) is 12.9. The second-order valence-corrected chi connectivity index (χ2v) is 6.83. The number of anilines is 1. The minimum absolute atomic E-state index is 0.145. The third-order valence-corrected chi connectivity index (χ3v) is 4.56. The van der Waals surface area contributed by atoms with Crippen LogP contribution in [0.15, 0.2) is 18.2 Å². The summed E-state index contributed by atoms with van der Waals surface area (Å²) in [4.78, 5) is 0. The molecule has 112 valence electrons. The summed E-state index contributed by atoms with van der Waals surface area (Å²) < 4.78 is 5.66. The molecule has 1 aromatic carbocycles. The van der Waals surface area contributed by atoms with Crippen LogP contribution in [0.25, 0.3) is 0 Å². The van der Waals surface area contributed by atoms with Gasteiger partial charge in [-0.2, -0.15) is 0 Å². The molecule has 0 amide bonds. The van der Waals surface area contributed by atoms with Crippen molar-refractivity contribution in [3.8, 4) is 5.75 Å². The summed E-state index contributed by atoms with van der Waals surface area (Å²) in [5, 5.41) is 4.29. The standard InChI is InChI=1S/C17H26ClNO/c1-11(2)20-17-8-7-15(10-16(17)18)19-14-6-5-12(3)13(4)9-14/h7-8,10-14,19H,5-6,9H2,1-4H3. The summed E-state index contributed by atoms with van der Waals surface area (Å²) in [7, 11) is 0. The molecular formula is C17H26ClNO. The molecule has 3 unspecified atom stereocenters. The van der Waals surface area contributed by atoms with Gasteiger partial charge in [-0.05, 0) is 63.1 Å². The number of ether oxygens (including phenoxy) is 1. The van der Waals surface area contributed by atoms with Crippen molar-refractivity contribution >= 4 is 17.3 Å². The van der Waals surface area contributed by atoms with E-state index in [2.05, 4.69) is 25.2 Å². The number of hydrogen-bond acceptors (Lipinski definition) is 2. The SMILES string of the molecule is CC(C)Oc1ccc(NC2CCC(C)C(C)C2)cc1Cl. The highest BCUT2D eigenvalue weighted by molar-refractivity contribution is 6.32. The second-order valence-electron chi connectivity index (χ2n) is 6.42. The van der Waals surface area contributed by atoms with Crippen LogP contribution in [0, 0.1) is 11.8 Å². The maximum absolute atomic E-state index is 6.28. The van der Waals surface area contributed by atoms with Gasteiger partial charge in [0.1, 0.15) is 5.75 Å². The Balaban J connectivity index is 1.98. The van der Waals surface area contributed by atoms with Gasteiger partial charge in [-0.1, -0.05) is 25.4 Å². The molecule has 1 aromatic rings. The first-order valence-electron chi connectivity index (χ1n) is 7.68. The van der Waals surface area contributed by atoms with E-state index < -0.39 is 0 Å². The fourth-order valence-corrected chi connectivity index (χ4v) is 3.08. The average Bonchev–Trinajstić information content (AvgIpc) is 2.37. The molecule has 1 N–H and O–H groups in total. The molecule has 0 aromatic heterocycles. The van der Waals surface area contributed by atoms with Gasteiger partial charge in [0.25, 0.3) is 0 Å². The van der Waals surface area contributed by atoms with E-state index in [1.165, 1.54) is 19.3 Å². The van der Waals surface area contributed by atoms with Gasteiger partial charge in [-0.25, -0.2) is 0 Å². The first-order valence-corrected chi connectivity index (χ1v) is 8.06. The lowest BCUT2D eigenvalue weighted by Gasteiger charge is -2.33. The van der Waals surface area contributed by atoms with Crippen LogP contribution in [0.3, 0.4) is 0 Å². The van der Waals surface area contributed by atoms with E-state index >= 15 is 0 Å². The lowest BCUT2D eigenvalue weighted by atomic mass is 9.79. The molecule has 0 heterocycles. The van der Waals surface area contributed by atoms with E-state index in [0.717, 1.165) is 23.3 Å². The predicted molar refractivity (Wildman–Crippen MR) is 86.8 cm³/mol. The van der Waals surface area contributed by atoms with Crippen LogP contribution in [-0.4, -0.2) is 12.1 Å². The molecule has 0 bridgehead atoms. The molecule has 3 atom stereocenters. The summed E-state index contributed by atoms with van der Waals surface area (Å²) in [6.07, 6.45) is 3.93. The molecule has 1 fully saturated rings. The summed E-state index contributed by atoms with van der Waals surface area (Å²) in [6, 6.07) is 6.56. The molecule has 0 spiro atoms.